The molecule has 1 aromatic rings. The van der Waals surface area contributed by atoms with Crippen LogP contribution in [0.15, 0.2) is 22.7 Å². The molecule has 1 fully saturated rings. The summed E-state index contributed by atoms with van der Waals surface area (Å²) < 4.78 is 1.07. The predicted molar refractivity (Wildman–Crippen MR) is 59.8 cm³/mol. The van der Waals surface area contributed by atoms with E-state index in [1.807, 2.05) is 18.2 Å². The summed E-state index contributed by atoms with van der Waals surface area (Å²) in [5.41, 5.74) is 7.68. The third-order valence-electron chi connectivity index (χ3n) is 2.29. The molecule has 0 bridgehead atoms. The van der Waals surface area contributed by atoms with E-state index >= 15 is 0 Å². The van der Waals surface area contributed by atoms with Crippen molar-refractivity contribution in [2.45, 2.75) is 12.8 Å². The van der Waals surface area contributed by atoms with E-state index in [0.29, 0.717) is 0 Å². The third-order valence-corrected chi connectivity index (χ3v) is 2.79. The zero-order chi connectivity index (χ0) is 9.26. The van der Waals surface area contributed by atoms with Crippen molar-refractivity contribution in [2.24, 2.45) is 5.92 Å². The van der Waals surface area contributed by atoms with Crippen LogP contribution in [0.25, 0.3) is 0 Å². The lowest BCUT2D eigenvalue weighted by molar-refractivity contribution is 0.890. The minimum Gasteiger partial charge on any atom is -0.397 e. The number of halogens is 1. The van der Waals surface area contributed by atoms with Crippen LogP contribution in [-0.2, 0) is 0 Å². The summed E-state index contributed by atoms with van der Waals surface area (Å²) in [4.78, 5) is 0. The van der Waals surface area contributed by atoms with Gasteiger partial charge in [-0.1, -0.05) is 15.9 Å². The number of nitrogens with one attached hydrogen (secondary N) is 1. The molecule has 2 rings (SSSR count). The summed E-state index contributed by atoms with van der Waals surface area (Å²) in [5, 5.41) is 3.36. The quantitative estimate of drug-likeness (QED) is 0.798. The van der Waals surface area contributed by atoms with Gasteiger partial charge in [0.05, 0.1) is 11.4 Å². The molecular formula is C10H13BrN2. The fourth-order valence-corrected chi connectivity index (χ4v) is 1.62. The molecule has 1 aliphatic rings. The summed E-state index contributed by atoms with van der Waals surface area (Å²) in [7, 11) is 0. The van der Waals surface area contributed by atoms with Gasteiger partial charge in [-0.3, -0.25) is 0 Å². The zero-order valence-electron chi connectivity index (χ0n) is 7.39. The number of nitrogen functional groups attached to an aromatic ring is 1. The molecule has 0 radical (unpaired) electrons. The first-order chi connectivity index (χ1) is 6.25. The smallest absolute Gasteiger partial charge is 0.0585 e. The van der Waals surface area contributed by atoms with E-state index in [-0.39, 0.29) is 0 Å². The van der Waals surface area contributed by atoms with Crippen molar-refractivity contribution in [3.63, 3.8) is 0 Å². The molecule has 3 N–H and O–H groups in total. The summed E-state index contributed by atoms with van der Waals surface area (Å²) in [5.74, 6) is 0.874. The Morgan fingerprint density at radius 3 is 2.92 bits per heavy atom. The van der Waals surface area contributed by atoms with Crippen LogP contribution < -0.4 is 11.1 Å². The molecule has 3 heteroatoms. The van der Waals surface area contributed by atoms with Gasteiger partial charge in [-0.15, -0.1) is 0 Å². The van der Waals surface area contributed by atoms with Gasteiger partial charge in [-0.25, -0.2) is 0 Å². The van der Waals surface area contributed by atoms with Crippen molar-refractivity contribution < 1.29 is 0 Å². The number of hydrogen-bond acceptors (Lipinski definition) is 2. The van der Waals surface area contributed by atoms with Crippen molar-refractivity contribution in [2.75, 3.05) is 17.6 Å². The molecule has 0 amide bonds. The Hall–Kier alpha value is -0.700. The van der Waals surface area contributed by atoms with Gasteiger partial charge in [0.2, 0.25) is 0 Å². The molecule has 70 valence electrons. The number of benzene rings is 1. The minimum absolute atomic E-state index is 0.823. The largest absolute Gasteiger partial charge is 0.397 e. The van der Waals surface area contributed by atoms with E-state index in [0.717, 1.165) is 28.3 Å². The molecule has 13 heavy (non-hydrogen) atoms. The Morgan fingerprint density at radius 2 is 2.23 bits per heavy atom. The lowest BCUT2D eigenvalue weighted by Gasteiger charge is -2.08. The molecule has 0 saturated heterocycles. The first-order valence-corrected chi connectivity index (χ1v) is 5.34. The van der Waals surface area contributed by atoms with Gasteiger partial charge in [0.15, 0.2) is 0 Å². The van der Waals surface area contributed by atoms with Gasteiger partial charge in [0.25, 0.3) is 0 Å². The second kappa shape index (κ2) is 3.58. The minimum atomic E-state index is 0.823. The molecule has 2 nitrogen and oxygen atoms in total. The summed E-state index contributed by atoms with van der Waals surface area (Å²) in [6, 6.07) is 5.90. The number of rotatable bonds is 3. The van der Waals surface area contributed by atoms with Gasteiger partial charge in [0.1, 0.15) is 0 Å². The van der Waals surface area contributed by atoms with Crippen LogP contribution in [0.2, 0.25) is 0 Å². The molecule has 1 aliphatic carbocycles. The highest BCUT2D eigenvalue weighted by Crippen LogP contribution is 2.30. The van der Waals surface area contributed by atoms with E-state index in [1.54, 1.807) is 0 Å². The number of anilines is 2. The lowest BCUT2D eigenvalue weighted by atomic mass is 10.2. The van der Waals surface area contributed by atoms with Crippen molar-refractivity contribution in [1.82, 2.24) is 0 Å². The van der Waals surface area contributed by atoms with Crippen molar-refractivity contribution in [3.05, 3.63) is 22.7 Å². The fourth-order valence-electron chi connectivity index (χ4n) is 1.26. The maximum Gasteiger partial charge on any atom is 0.0585 e. The van der Waals surface area contributed by atoms with Crippen LogP contribution in [0, 0.1) is 5.92 Å². The van der Waals surface area contributed by atoms with Gasteiger partial charge < -0.3 is 11.1 Å². The maximum atomic E-state index is 5.81. The normalized spacial score (nSPS) is 15.8. The molecule has 0 spiro atoms. The monoisotopic (exact) mass is 240 g/mol. The standard InChI is InChI=1S/C10H13BrN2/c11-8-3-4-9(12)10(5-8)13-6-7-1-2-7/h3-5,7,13H,1-2,6,12H2. The summed E-state index contributed by atoms with van der Waals surface area (Å²) >= 11 is 3.42. The van der Waals surface area contributed by atoms with Crippen LogP contribution in [0.3, 0.4) is 0 Å². The van der Waals surface area contributed by atoms with Crippen LogP contribution in [0.5, 0.6) is 0 Å². The highest BCUT2D eigenvalue weighted by molar-refractivity contribution is 9.10. The number of nitrogens with two attached hydrogens (primary N) is 1. The highest BCUT2D eigenvalue weighted by atomic mass is 79.9. The average molecular weight is 241 g/mol. The Bertz CT molecular complexity index is 308. The Kier molecular flexibility index (Phi) is 2.44. The molecule has 0 unspecified atom stereocenters. The molecule has 0 heterocycles. The fraction of sp³-hybridized carbons (Fsp3) is 0.400. The lowest BCUT2D eigenvalue weighted by Crippen LogP contribution is -2.05. The second-order valence-corrected chi connectivity index (χ2v) is 4.47. The van der Waals surface area contributed by atoms with Crippen molar-refractivity contribution in [1.29, 1.82) is 0 Å². The molecule has 0 atom stereocenters. The third kappa shape index (κ3) is 2.37. The van der Waals surface area contributed by atoms with E-state index in [9.17, 15) is 0 Å². The topological polar surface area (TPSA) is 38.0 Å². The molecule has 0 aromatic heterocycles. The predicted octanol–water partition coefficient (Wildman–Crippen LogP) is 2.85. The summed E-state index contributed by atoms with van der Waals surface area (Å²) in [6.07, 6.45) is 2.72. The van der Waals surface area contributed by atoms with E-state index in [1.165, 1.54) is 12.8 Å². The molecule has 1 aromatic carbocycles. The average Bonchev–Trinajstić information content (AvgIpc) is 2.90. The van der Waals surface area contributed by atoms with E-state index in [2.05, 4.69) is 21.2 Å². The van der Waals surface area contributed by atoms with Crippen LogP contribution >= 0.6 is 15.9 Å². The van der Waals surface area contributed by atoms with E-state index in [4.69, 9.17) is 5.73 Å². The molecule has 1 saturated carbocycles. The van der Waals surface area contributed by atoms with Gasteiger partial charge in [0, 0.05) is 11.0 Å². The Labute approximate surface area is 86.6 Å². The van der Waals surface area contributed by atoms with E-state index < -0.39 is 0 Å². The number of hydrogen-bond donors (Lipinski definition) is 2. The van der Waals surface area contributed by atoms with Crippen LogP contribution in [0.1, 0.15) is 12.8 Å². The maximum absolute atomic E-state index is 5.81. The second-order valence-electron chi connectivity index (χ2n) is 3.56. The summed E-state index contributed by atoms with van der Waals surface area (Å²) in [6.45, 7) is 1.06. The molecule has 0 aliphatic heterocycles. The Balaban J connectivity index is 2.03. The first kappa shape index (κ1) is 8.88. The van der Waals surface area contributed by atoms with Crippen molar-refractivity contribution >= 4 is 27.3 Å². The SMILES string of the molecule is Nc1ccc(Br)cc1NCC1CC1. The first-order valence-electron chi connectivity index (χ1n) is 4.54. The van der Waals surface area contributed by atoms with Gasteiger partial charge in [-0.2, -0.15) is 0 Å². The highest BCUT2D eigenvalue weighted by Gasteiger charge is 2.20. The van der Waals surface area contributed by atoms with Crippen LogP contribution in [0.4, 0.5) is 11.4 Å². The van der Waals surface area contributed by atoms with Crippen LogP contribution in [-0.4, -0.2) is 6.54 Å². The molecular weight excluding hydrogens is 228 g/mol. The van der Waals surface area contributed by atoms with Gasteiger partial charge >= 0.3 is 0 Å². The zero-order valence-corrected chi connectivity index (χ0v) is 8.97. The Morgan fingerprint density at radius 1 is 1.46 bits per heavy atom. The van der Waals surface area contributed by atoms with Crippen molar-refractivity contribution in [3.8, 4) is 0 Å². The van der Waals surface area contributed by atoms with Gasteiger partial charge in [-0.05, 0) is 37.0 Å².